The van der Waals surface area contributed by atoms with Crippen molar-refractivity contribution in [1.82, 2.24) is 20.5 Å². The number of rotatable bonds is 3. The number of nitrogens with one attached hydrogen (secondary N) is 1. The van der Waals surface area contributed by atoms with Gasteiger partial charge in [-0.15, -0.1) is 10.2 Å². The van der Waals surface area contributed by atoms with Crippen molar-refractivity contribution in [3.8, 4) is 0 Å². The van der Waals surface area contributed by atoms with Gasteiger partial charge in [-0.3, -0.25) is 0 Å². The van der Waals surface area contributed by atoms with E-state index < -0.39 is 0 Å². The van der Waals surface area contributed by atoms with Crippen LogP contribution in [0.3, 0.4) is 0 Å². The van der Waals surface area contributed by atoms with E-state index >= 15 is 0 Å². The first-order chi connectivity index (χ1) is 7.31. The Balaban J connectivity index is 2.39. The van der Waals surface area contributed by atoms with Crippen LogP contribution in [0.2, 0.25) is 5.02 Å². The Bertz CT molecular complexity index is 472. The lowest BCUT2D eigenvalue weighted by Gasteiger charge is -2.01. The lowest BCUT2D eigenvalue weighted by molar-refractivity contribution is 0.743. The maximum Gasteiger partial charge on any atom is 0.152 e. The first-order valence-electron chi connectivity index (χ1n) is 4.73. The zero-order chi connectivity index (χ0) is 10.7. The summed E-state index contributed by atoms with van der Waals surface area (Å²) >= 11 is 5.96. The molecule has 0 spiro atoms. The van der Waals surface area contributed by atoms with Crippen LogP contribution in [0.25, 0.3) is 11.0 Å². The van der Waals surface area contributed by atoms with Gasteiger partial charge in [-0.1, -0.05) is 17.7 Å². The molecule has 4 nitrogen and oxygen atoms in total. The van der Waals surface area contributed by atoms with Gasteiger partial charge in [-0.25, -0.2) is 4.98 Å². The minimum absolute atomic E-state index is 0.590. The van der Waals surface area contributed by atoms with E-state index in [0.29, 0.717) is 10.5 Å². The third-order valence-electron chi connectivity index (χ3n) is 2.08. The first-order valence-corrected chi connectivity index (χ1v) is 5.11. The molecule has 0 unspecified atom stereocenters. The van der Waals surface area contributed by atoms with E-state index in [-0.39, 0.29) is 0 Å². The summed E-state index contributed by atoms with van der Waals surface area (Å²) in [7, 11) is 1.89. The molecule has 78 valence electrons. The molecule has 15 heavy (non-hydrogen) atoms. The summed E-state index contributed by atoms with van der Waals surface area (Å²) in [6, 6.07) is 5.54. The number of halogens is 1. The van der Waals surface area contributed by atoms with Crippen molar-refractivity contribution in [2.75, 3.05) is 13.6 Å². The number of likely N-dealkylation sites (N-methyl/N-ethyl adjacent to an activating group) is 1. The summed E-state index contributed by atoms with van der Waals surface area (Å²) in [4.78, 5) is 4.38. The Labute approximate surface area is 92.7 Å². The average Bonchev–Trinajstić information content (AvgIpc) is 2.26. The minimum Gasteiger partial charge on any atom is -0.319 e. The van der Waals surface area contributed by atoms with Gasteiger partial charge < -0.3 is 5.32 Å². The molecule has 1 heterocycles. The Kier molecular flexibility index (Phi) is 3.08. The molecule has 0 fully saturated rings. The summed E-state index contributed by atoms with van der Waals surface area (Å²) in [5.41, 5.74) is 1.45. The van der Waals surface area contributed by atoms with Gasteiger partial charge in [0, 0.05) is 13.0 Å². The van der Waals surface area contributed by atoms with E-state index in [1.54, 1.807) is 6.07 Å². The van der Waals surface area contributed by atoms with Gasteiger partial charge in [0.25, 0.3) is 0 Å². The molecule has 0 radical (unpaired) electrons. The number of hydrogen-bond donors (Lipinski definition) is 1. The summed E-state index contributed by atoms with van der Waals surface area (Å²) in [6.45, 7) is 0.841. The van der Waals surface area contributed by atoms with Crippen LogP contribution in [0.1, 0.15) is 5.82 Å². The molecule has 0 aliphatic heterocycles. The zero-order valence-corrected chi connectivity index (χ0v) is 9.12. The van der Waals surface area contributed by atoms with Crippen molar-refractivity contribution >= 4 is 22.6 Å². The van der Waals surface area contributed by atoms with E-state index in [1.165, 1.54) is 0 Å². The Morgan fingerprint density at radius 3 is 3.00 bits per heavy atom. The van der Waals surface area contributed by atoms with Crippen LogP contribution in [0.5, 0.6) is 0 Å². The summed E-state index contributed by atoms with van der Waals surface area (Å²) in [5, 5.41) is 11.7. The predicted octanol–water partition coefficient (Wildman–Crippen LogP) is 1.44. The van der Waals surface area contributed by atoms with Gasteiger partial charge in [0.2, 0.25) is 0 Å². The van der Waals surface area contributed by atoms with E-state index in [0.717, 1.165) is 24.3 Å². The van der Waals surface area contributed by atoms with Crippen LogP contribution in [0.15, 0.2) is 18.2 Å². The van der Waals surface area contributed by atoms with Gasteiger partial charge in [0.1, 0.15) is 5.52 Å². The highest BCUT2D eigenvalue weighted by molar-refractivity contribution is 6.34. The second kappa shape index (κ2) is 4.51. The molecule has 2 aromatic rings. The average molecular weight is 223 g/mol. The van der Waals surface area contributed by atoms with Crippen LogP contribution in [0, 0.1) is 0 Å². The van der Waals surface area contributed by atoms with Crippen molar-refractivity contribution in [2.24, 2.45) is 0 Å². The van der Waals surface area contributed by atoms with Crippen molar-refractivity contribution in [2.45, 2.75) is 6.42 Å². The van der Waals surface area contributed by atoms with E-state index in [1.807, 2.05) is 19.2 Å². The normalized spacial score (nSPS) is 10.8. The quantitative estimate of drug-likeness (QED) is 0.854. The van der Waals surface area contributed by atoms with Gasteiger partial charge in [0.15, 0.2) is 5.82 Å². The SMILES string of the molecule is CNCCc1nnc2c(Cl)cccc2n1. The molecule has 0 saturated carbocycles. The minimum atomic E-state index is 0.590. The Morgan fingerprint density at radius 2 is 2.20 bits per heavy atom. The third-order valence-corrected chi connectivity index (χ3v) is 2.38. The molecular weight excluding hydrogens is 212 g/mol. The monoisotopic (exact) mass is 222 g/mol. The molecule has 0 saturated heterocycles. The fourth-order valence-corrected chi connectivity index (χ4v) is 1.51. The molecule has 2 rings (SSSR count). The second-order valence-corrected chi connectivity index (χ2v) is 3.60. The maximum atomic E-state index is 5.96. The second-order valence-electron chi connectivity index (χ2n) is 3.19. The molecule has 0 aliphatic carbocycles. The molecular formula is C10H11ClN4. The summed E-state index contributed by atoms with van der Waals surface area (Å²) < 4.78 is 0. The smallest absolute Gasteiger partial charge is 0.152 e. The molecule has 1 aromatic carbocycles. The number of hydrogen-bond acceptors (Lipinski definition) is 4. The fraction of sp³-hybridized carbons (Fsp3) is 0.300. The van der Waals surface area contributed by atoms with E-state index in [2.05, 4.69) is 20.5 Å². The van der Waals surface area contributed by atoms with Crippen LogP contribution in [0.4, 0.5) is 0 Å². The van der Waals surface area contributed by atoms with Crippen molar-refractivity contribution in [3.05, 3.63) is 29.0 Å². The van der Waals surface area contributed by atoms with Crippen molar-refractivity contribution in [1.29, 1.82) is 0 Å². The fourth-order valence-electron chi connectivity index (χ4n) is 1.30. The van der Waals surface area contributed by atoms with E-state index in [4.69, 9.17) is 11.6 Å². The van der Waals surface area contributed by atoms with Gasteiger partial charge in [-0.05, 0) is 19.2 Å². The molecule has 0 amide bonds. The highest BCUT2D eigenvalue weighted by Gasteiger charge is 2.03. The number of aromatic nitrogens is 3. The lowest BCUT2D eigenvalue weighted by Crippen LogP contribution is -2.12. The molecule has 5 heteroatoms. The largest absolute Gasteiger partial charge is 0.319 e. The maximum absolute atomic E-state index is 5.96. The van der Waals surface area contributed by atoms with Crippen molar-refractivity contribution in [3.63, 3.8) is 0 Å². The topological polar surface area (TPSA) is 50.7 Å². The van der Waals surface area contributed by atoms with Gasteiger partial charge >= 0.3 is 0 Å². The Hall–Kier alpha value is -1.26. The van der Waals surface area contributed by atoms with Gasteiger partial charge in [-0.2, -0.15) is 0 Å². The highest BCUT2D eigenvalue weighted by Crippen LogP contribution is 2.18. The zero-order valence-electron chi connectivity index (χ0n) is 8.37. The van der Waals surface area contributed by atoms with Crippen molar-refractivity contribution < 1.29 is 0 Å². The molecule has 0 bridgehead atoms. The standard InChI is InChI=1S/C10H11ClN4/c1-12-6-5-9-13-8-4-2-3-7(11)10(8)15-14-9/h2-4,12H,5-6H2,1H3. The van der Waals surface area contributed by atoms with Crippen LogP contribution in [-0.4, -0.2) is 28.8 Å². The number of nitrogens with zero attached hydrogens (tertiary/aromatic N) is 3. The molecule has 1 aromatic heterocycles. The lowest BCUT2D eigenvalue weighted by atomic mass is 10.3. The predicted molar refractivity (Wildman–Crippen MR) is 60.0 cm³/mol. The third kappa shape index (κ3) is 2.22. The molecule has 0 atom stereocenters. The number of fused-ring (bicyclic) bond motifs is 1. The number of benzene rings is 1. The summed E-state index contributed by atoms with van der Waals surface area (Å²) in [5.74, 6) is 0.735. The van der Waals surface area contributed by atoms with Crippen LogP contribution in [-0.2, 0) is 6.42 Å². The van der Waals surface area contributed by atoms with E-state index in [9.17, 15) is 0 Å². The van der Waals surface area contributed by atoms with Crippen LogP contribution < -0.4 is 5.32 Å². The van der Waals surface area contributed by atoms with Crippen LogP contribution >= 0.6 is 11.6 Å². The highest BCUT2D eigenvalue weighted by atomic mass is 35.5. The van der Waals surface area contributed by atoms with Gasteiger partial charge in [0.05, 0.1) is 10.5 Å². The first kappa shape index (κ1) is 10.3. The molecule has 0 aliphatic rings. The summed E-state index contributed by atoms with van der Waals surface area (Å²) in [6.07, 6.45) is 0.770. The molecule has 1 N–H and O–H groups in total. The Morgan fingerprint density at radius 1 is 1.33 bits per heavy atom.